The number of carboxylic acids is 1. The van der Waals surface area contributed by atoms with Crippen LogP contribution in [0.5, 0.6) is 5.75 Å². The van der Waals surface area contributed by atoms with Crippen molar-refractivity contribution >= 4 is 29.7 Å². The fraction of sp³-hybridized carbons (Fsp3) is 0.333. The summed E-state index contributed by atoms with van der Waals surface area (Å²) in [4.78, 5) is 24.3. The summed E-state index contributed by atoms with van der Waals surface area (Å²) in [5.74, 6) is -2.51. The molecule has 0 aromatic heterocycles. The van der Waals surface area contributed by atoms with E-state index in [1.165, 1.54) is 25.3 Å². The van der Waals surface area contributed by atoms with Crippen LogP contribution in [0.1, 0.15) is 29.5 Å². The topological polar surface area (TPSA) is 66.8 Å². The minimum absolute atomic E-state index is 0.132. The minimum Gasteiger partial charge on any atom is -0.496 e. The van der Waals surface area contributed by atoms with Crippen LogP contribution in [0.2, 0.25) is 0 Å². The van der Waals surface area contributed by atoms with Crippen molar-refractivity contribution in [1.82, 2.24) is 4.90 Å². The predicted molar refractivity (Wildman–Crippen MR) is 120 cm³/mol. The number of likely N-dealkylation sites (tertiary alicyclic amines) is 1. The smallest absolute Gasteiger partial charge is 0.418 e. The molecule has 1 saturated heterocycles. The minimum atomic E-state index is -5.38. The number of carbonyl (C=O) groups excluding carboxylic acids is 1. The van der Waals surface area contributed by atoms with E-state index in [1.807, 2.05) is 0 Å². The van der Waals surface area contributed by atoms with Crippen molar-refractivity contribution in [3.63, 3.8) is 0 Å². The standard InChI is InChI=1S/C24H21F6NO4S/c1-35-16-6-2-3-7-17(16)36-18-10-8-14(20(23(25,26)27)21(18)24(28,29)30)9-11-19(32)31-12-4-5-15(13-31)22(33)34/h2-3,6-11,15H,4-5,12-13H2,1H3,(H,33,34). The molecule has 0 bridgehead atoms. The van der Waals surface area contributed by atoms with Gasteiger partial charge in [0.1, 0.15) is 5.75 Å². The number of carbonyl (C=O) groups is 2. The first-order valence-corrected chi connectivity index (χ1v) is 11.5. The molecule has 0 saturated carbocycles. The van der Waals surface area contributed by atoms with Crippen LogP contribution >= 0.6 is 11.8 Å². The SMILES string of the molecule is COc1ccccc1Sc1ccc(C=CC(=O)N2CCCC(C(=O)O)C2)c(C(F)(F)F)c1C(F)(F)F. The summed E-state index contributed by atoms with van der Waals surface area (Å²) >= 11 is 0.481. The van der Waals surface area contributed by atoms with E-state index in [0.29, 0.717) is 30.7 Å². The zero-order valence-corrected chi connectivity index (χ0v) is 19.6. The summed E-state index contributed by atoms with van der Waals surface area (Å²) in [6, 6.07) is 7.77. The molecule has 36 heavy (non-hydrogen) atoms. The molecule has 12 heteroatoms. The number of piperidine rings is 1. The third kappa shape index (κ3) is 6.34. The first kappa shape index (κ1) is 27.4. The van der Waals surface area contributed by atoms with Crippen molar-refractivity contribution in [3.05, 3.63) is 59.2 Å². The number of halogens is 6. The zero-order chi connectivity index (χ0) is 26.7. The number of carboxylic acid groups (broad SMARTS) is 1. The summed E-state index contributed by atoms with van der Waals surface area (Å²) in [6.07, 6.45) is -8.59. The molecule has 2 aromatic carbocycles. The molecule has 3 rings (SSSR count). The van der Waals surface area contributed by atoms with E-state index >= 15 is 0 Å². The number of hydrogen-bond donors (Lipinski definition) is 1. The highest BCUT2D eigenvalue weighted by Gasteiger charge is 2.46. The first-order valence-electron chi connectivity index (χ1n) is 10.6. The normalized spacial score (nSPS) is 16.9. The van der Waals surface area contributed by atoms with Gasteiger partial charge in [0, 0.05) is 24.1 Å². The van der Waals surface area contributed by atoms with Crippen LogP contribution in [0.25, 0.3) is 6.08 Å². The molecule has 1 aliphatic rings. The first-order chi connectivity index (χ1) is 16.8. The van der Waals surface area contributed by atoms with Crippen LogP contribution in [-0.2, 0) is 21.9 Å². The number of amides is 1. The second-order valence-electron chi connectivity index (χ2n) is 7.95. The lowest BCUT2D eigenvalue weighted by molar-refractivity contribution is -0.163. The molecule has 0 aliphatic carbocycles. The average Bonchev–Trinajstić information content (AvgIpc) is 2.81. The van der Waals surface area contributed by atoms with Crippen LogP contribution in [0.4, 0.5) is 26.3 Å². The lowest BCUT2D eigenvalue weighted by Gasteiger charge is -2.29. The molecule has 0 radical (unpaired) electrons. The van der Waals surface area contributed by atoms with Gasteiger partial charge in [0.25, 0.3) is 0 Å². The maximum absolute atomic E-state index is 14.0. The fourth-order valence-corrected chi connectivity index (χ4v) is 4.97. The number of hydrogen-bond acceptors (Lipinski definition) is 4. The van der Waals surface area contributed by atoms with E-state index in [0.717, 1.165) is 23.1 Å². The highest BCUT2D eigenvalue weighted by molar-refractivity contribution is 7.99. The fourth-order valence-electron chi connectivity index (χ4n) is 3.88. The highest BCUT2D eigenvalue weighted by Crippen LogP contribution is 2.49. The highest BCUT2D eigenvalue weighted by atomic mass is 32.2. The number of rotatable bonds is 6. The molecule has 194 valence electrons. The molecule has 2 aromatic rings. The van der Waals surface area contributed by atoms with Gasteiger partial charge in [-0.3, -0.25) is 9.59 Å². The number of aliphatic carboxylic acids is 1. The van der Waals surface area contributed by atoms with Gasteiger partial charge in [0.15, 0.2) is 0 Å². The third-order valence-corrected chi connectivity index (χ3v) is 6.66. The molecule has 5 nitrogen and oxygen atoms in total. The number of ether oxygens (including phenoxy) is 1. The van der Waals surface area contributed by atoms with E-state index in [4.69, 9.17) is 9.84 Å². The van der Waals surface area contributed by atoms with Crippen LogP contribution in [0.15, 0.2) is 52.3 Å². The number of nitrogens with zero attached hydrogens (tertiary/aromatic N) is 1. The van der Waals surface area contributed by atoms with E-state index < -0.39 is 51.7 Å². The van der Waals surface area contributed by atoms with Crippen LogP contribution in [0, 0.1) is 5.92 Å². The molecular formula is C24H21F6NO4S. The molecule has 1 amide bonds. The quantitative estimate of drug-likeness (QED) is 0.353. The Labute approximate surface area is 206 Å². The molecule has 1 heterocycles. The summed E-state index contributed by atoms with van der Waals surface area (Å²) in [6.45, 7) is 0.0638. The third-order valence-electron chi connectivity index (χ3n) is 5.54. The van der Waals surface area contributed by atoms with Crippen molar-refractivity contribution in [2.75, 3.05) is 20.2 Å². The Balaban J connectivity index is 2.04. The van der Waals surface area contributed by atoms with Crippen molar-refractivity contribution in [1.29, 1.82) is 0 Å². The molecular weight excluding hydrogens is 512 g/mol. The number of methoxy groups -OCH3 is 1. The van der Waals surface area contributed by atoms with Gasteiger partial charge < -0.3 is 14.7 Å². The van der Waals surface area contributed by atoms with E-state index in [9.17, 15) is 35.9 Å². The Morgan fingerprint density at radius 1 is 1.03 bits per heavy atom. The Bertz CT molecular complexity index is 1160. The van der Waals surface area contributed by atoms with Gasteiger partial charge in [0.2, 0.25) is 5.91 Å². The lowest BCUT2D eigenvalue weighted by Crippen LogP contribution is -2.41. The molecule has 1 unspecified atom stereocenters. The Morgan fingerprint density at radius 3 is 2.31 bits per heavy atom. The molecule has 1 atom stereocenters. The van der Waals surface area contributed by atoms with Gasteiger partial charge in [-0.15, -0.1) is 0 Å². The summed E-state index contributed by atoms with van der Waals surface area (Å²) < 4.78 is 89.1. The van der Waals surface area contributed by atoms with Crippen LogP contribution in [0.3, 0.4) is 0 Å². The Hall–Kier alpha value is -3.15. The molecule has 1 aliphatic heterocycles. The largest absolute Gasteiger partial charge is 0.496 e. The van der Waals surface area contributed by atoms with Gasteiger partial charge in [0.05, 0.1) is 29.1 Å². The van der Waals surface area contributed by atoms with Gasteiger partial charge in [-0.2, -0.15) is 26.3 Å². The molecule has 1 fully saturated rings. The van der Waals surface area contributed by atoms with Gasteiger partial charge in [-0.1, -0.05) is 30.0 Å². The Kier molecular flexibility index (Phi) is 8.27. The summed E-state index contributed by atoms with van der Waals surface area (Å²) in [7, 11) is 1.29. The second-order valence-corrected chi connectivity index (χ2v) is 9.03. The van der Waals surface area contributed by atoms with Crippen molar-refractivity contribution in [3.8, 4) is 5.75 Å². The average molecular weight is 533 g/mol. The summed E-state index contributed by atoms with van der Waals surface area (Å²) in [5, 5.41) is 9.15. The van der Waals surface area contributed by atoms with Crippen LogP contribution < -0.4 is 4.74 Å². The van der Waals surface area contributed by atoms with Gasteiger partial charge in [-0.05, 0) is 42.7 Å². The number of benzene rings is 2. The zero-order valence-electron chi connectivity index (χ0n) is 18.8. The van der Waals surface area contributed by atoms with Gasteiger partial charge >= 0.3 is 18.3 Å². The van der Waals surface area contributed by atoms with Gasteiger partial charge in [-0.25, -0.2) is 0 Å². The van der Waals surface area contributed by atoms with Crippen molar-refractivity contribution in [2.24, 2.45) is 5.92 Å². The second kappa shape index (κ2) is 10.9. The van der Waals surface area contributed by atoms with E-state index in [1.54, 1.807) is 6.07 Å². The Morgan fingerprint density at radius 2 is 1.69 bits per heavy atom. The summed E-state index contributed by atoms with van der Waals surface area (Å²) in [5.41, 5.74) is -4.62. The number of alkyl halides is 6. The number of para-hydroxylation sites is 1. The van der Waals surface area contributed by atoms with Crippen molar-refractivity contribution < 1.29 is 45.8 Å². The van der Waals surface area contributed by atoms with Crippen LogP contribution in [-0.4, -0.2) is 42.1 Å². The van der Waals surface area contributed by atoms with E-state index in [-0.39, 0.29) is 23.7 Å². The molecule has 0 spiro atoms. The maximum Gasteiger partial charge on any atom is 0.418 e. The maximum atomic E-state index is 14.0. The van der Waals surface area contributed by atoms with Crippen molar-refractivity contribution in [2.45, 2.75) is 35.0 Å². The molecule has 1 N–H and O–H groups in total. The lowest BCUT2D eigenvalue weighted by atomic mass is 9.97. The predicted octanol–water partition coefficient (Wildman–Crippen LogP) is 6.22. The van der Waals surface area contributed by atoms with E-state index in [2.05, 4.69) is 0 Å². The monoisotopic (exact) mass is 533 g/mol.